The highest BCUT2D eigenvalue weighted by atomic mass is 16.7. The maximum Gasteiger partial charge on any atom is 0.217 e. The van der Waals surface area contributed by atoms with Crippen molar-refractivity contribution in [2.45, 2.75) is 149 Å². The van der Waals surface area contributed by atoms with Gasteiger partial charge in [0, 0.05) is 6.92 Å². The number of rotatable bonds is 9. The van der Waals surface area contributed by atoms with Crippen molar-refractivity contribution in [1.82, 2.24) is 5.32 Å². The maximum absolute atomic E-state index is 11.9. The van der Waals surface area contributed by atoms with E-state index in [4.69, 9.17) is 9.47 Å². The van der Waals surface area contributed by atoms with Gasteiger partial charge in [-0.1, -0.05) is 65.5 Å². The number of hydrogen-bond donors (Lipinski definition) is 4. The van der Waals surface area contributed by atoms with Gasteiger partial charge in [0.25, 0.3) is 0 Å². The summed E-state index contributed by atoms with van der Waals surface area (Å²) in [5.41, 5.74) is 2.18. The van der Waals surface area contributed by atoms with Crippen LogP contribution in [0.15, 0.2) is 11.6 Å². The highest BCUT2D eigenvalue weighted by Crippen LogP contribution is 2.67. The van der Waals surface area contributed by atoms with E-state index < -0.39 is 37.3 Å². The lowest BCUT2D eigenvalue weighted by atomic mass is 9.47. The van der Waals surface area contributed by atoms with Crippen LogP contribution < -0.4 is 5.32 Å². The van der Waals surface area contributed by atoms with E-state index in [0.29, 0.717) is 5.41 Å². The second-order valence-electron chi connectivity index (χ2n) is 15.7. The number of aliphatic hydroxyl groups excluding tert-OH is 3. The van der Waals surface area contributed by atoms with Crippen LogP contribution in [0.3, 0.4) is 0 Å². The third-order valence-corrected chi connectivity index (χ3v) is 12.8. The van der Waals surface area contributed by atoms with Gasteiger partial charge >= 0.3 is 0 Å². The monoisotopic (exact) mass is 589 g/mol. The summed E-state index contributed by atoms with van der Waals surface area (Å²) in [7, 11) is 0. The molecule has 0 radical (unpaired) electrons. The molecule has 3 saturated carbocycles. The number of hydrogen-bond acceptors (Lipinski definition) is 6. The Hall–Kier alpha value is -0.990. The Bertz CT molecular complexity index is 985. The second kappa shape index (κ2) is 12.8. The molecule has 0 bridgehead atoms. The van der Waals surface area contributed by atoms with E-state index in [1.165, 1.54) is 63.9 Å². The highest BCUT2D eigenvalue weighted by Gasteiger charge is 2.59. The summed E-state index contributed by atoms with van der Waals surface area (Å²) >= 11 is 0. The molecule has 5 rings (SSSR count). The van der Waals surface area contributed by atoms with Crippen LogP contribution in [0.4, 0.5) is 0 Å². The van der Waals surface area contributed by atoms with Crippen LogP contribution in [0.5, 0.6) is 0 Å². The van der Waals surface area contributed by atoms with Crippen LogP contribution in [0.1, 0.15) is 112 Å². The largest absolute Gasteiger partial charge is 0.394 e. The average molecular weight is 590 g/mol. The molecule has 7 heteroatoms. The van der Waals surface area contributed by atoms with Crippen molar-refractivity contribution >= 4 is 5.91 Å². The summed E-state index contributed by atoms with van der Waals surface area (Å²) < 4.78 is 12.3. The molecule has 0 spiro atoms. The summed E-state index contributed by atoms with van der Waals surface area (Å²) in [5.74, 6) is 4.48. The van der Waals surface area contributed by atoms with Gasteiger partial charge in [-0.3, -0.25) is 4.79 Å². The normalized spacial score (nSPS) is 45.9. The lowest BCUT2D eigenvalue weighted by Gasteiger charge is -2.58. The van der Waals surface area contributed by atoms with E-state index in [0.717, 1.165) is 54.8 Å². The van der Waals surface area contributed by atoms with Crippen molar-refractivity contribution < 1.29 is 29.6 Å². The lowest BCUT2D eigenvalue weighted by Crippen LogP contribution is -2.65. The predicted molar refractivity (Wildman–Crippen MR) is 163 cm³/mol. The van der Waals surface area contributed by atoms with Gasteiger partial charge < -0.3 is 30.1 Å². The number of ether oxygens (including phenoxy) is 2. The molecule has 42 heavy (non-hydrogen) atoms. The summed E-state index contributed by atoms with van der Waals surface area (Å²) in [6.45, 7) is 13.3. The molecule has 1 aliphatic heterocycles. The van der Waals surface area contributed by atoms with E-state index in [1.54, 1.807) is 0 Å². The molecule has 0 unspecified atom stereocenters. The van der Waals surface area contributed by atoms with Gasteiger partial charge in [-0.15, -0.1) is 0 Å². The van der Waals surface area contributed by atoms with Crippen molar-refractivity contribution in [3.8, 4) is 0 Å². The Labute approximate surface area is 254 Å². The van der Waals surface area contributed by atoms with Crippen LogP contribution in [0.25, 0.3) is 0 Å². The smallest absolute Gasteiger partial charge is 0.217 e. The summed E-state index contributed by atoms with van der Waals surface area (Å²) in [6, 6.07) is -0.891. The lowest BCUT2D eigenvalue weighted by molar-refractivity contribution is -0.284. The third-order valence-electron chi connectivity index (χ3n) is 12.8. The molecule has 1 saturated heterocycles. The van der Waals surface area contributed by atoms with Gasteiger partial charge in [0.2, 0.25) is 5.91 Å². The molecule has 0 aromatic heterocycles. The molecule has 4 fully saturated rings. The zero-order valence-electron chi connectivity index (χ0n) is 27.1. The summed E-state index contributed by atoms with van der Waals surface area (Å²) in [6.07, 6.45) is 11.5. The van der Waals surface area contributed by atoms with Crippen LogP contribution in [0, 0.1) is 46.3 Å². The molecule has 5 aliphatic rings. The van der Waals surface area contributed by atoms with Gasteiger partial charge in [-0.25, -0.2) is 0 Å². The minimum absolute atomic E-state index is 0.0969. The minimum Gasteiger partial charge on any atom is -0.394 e. The Morgan fingerprint density at radius 2 is 1.83 bits per heavy atom. The minimum atomic E-state index is -1.30. The molecule has 4 aliphatic carbocycles. The van der Waals surface area contributed by atoms with Crippen LogP contribution in [0.2, 0.25) is 0 Å². The standard InChI is InChI=1S/C35H59NO6/c1-20(2)8-7-9-21(3)26-12-13-27-25-11-10-23-18-24(14-16-34(23,5)28(25)15-17-35(26,27)6)41-33-30(36-22(4)38)32(40)31(39)29(19-37)42-33/h10,20-21,24-33,37,39-40H,7-9,11-19H2,1-6H3,(H,36,38)/t21-,24+,25-,26-,27-,28-,29+,30+,31+,32+,33+,34-,35+/m0/s1. The van der Waals surface area contributed by atoms with Crippen molar-refractivity contribution in [3.63, 3.8) is 0 Å². The molecule has 7 nitrogen and oxygen atoms in total. The topological polar surface area (TPSA) is 108 Å². The Morgan fingerprint density at radius 3 is 2.52 bits per heavy atom. The number of nitrogens with one attached hydrogen (secondary N) is 1. The number of amides is 1. The third kappa shape index (κ3) is 5.99. The second-order valence-corrected chi connectivity index (χ2v) is 15.7. The molecule has 0 aromatic carbocycles. The fourth-order valence-corrected chi connectivity index (χ4v) is 10.5. The van der Waals surface area contributed by atoms with Crippen molar-refractivity contribution in [3.05, 3.63) is 11.6 Å². The first kappa shape index (κ1) is 32.4. The number of aliphatic hydroxyl groups is 3. The average Bonchev–Trinajstić information content (AvgIpc) is 3.29. The van der Waals surface area contributed by atoms with E-state index in [2.05, 4.69) is 46.0 Å². The first-order valence-electron chi connectivity index (χ1n) is 17.1. The number of allylic oxidation sites excluding steroid dienone is 1. The fraction of sp³-hybridized carbons (Fsp3) is 0.914. The predicted octanol–water partition coefficient (Wildman–Crippen LogP) is 5.36. The molecule has 4 N–H and O–H groups in total. The van der Waals surface area contributed by atoms with Gasteiger partial charge in [-0.2, -0.15) is 0 Å². The molecule has 1 amide bonds. The van der Waals surface area contributed by atoms with Gasteiger partial charge in [0.05, 0.1) is 12.7 Å². The molecule has 240 valence electrons. The molecular formula is C35H59NO6. The number of fused-ring (bicyclic) bond motifs is 5. The molecular weight excluding hydrogens is 530 g/mol. The van der Waals surface area contributed by atoms with Gasteiger partial charge in [0.15, 0.2) is 6.29 Å². The first-order chi connectivity index (χ1) is 19.9. The quantitative estimate of drug-likeness (QED) is 0.270. The Kier molecular flexibility index (Phi) is 9.86. The van der Waals surface area contributed by atoms with Crippen LogP contribution >= 0.6 is 0 Å². The van der Waals surface area contributed by atoms with Crippen molar-refractivity contribution in [1.29, 1.82) is 0 Å². The zero-order valence-corrected chi connectivity index (χ0v) is 27.1. The highest BCUT2D eigenvalue weighted by molar-refractivity contribution is 5.73. The van der Waals surface area contributed by atoms with Crippen LogP contribution in [-0.2, 0) is 14.3 Å². The number of carbonyl (C=O) groups is 1. The summed E-state index contributed by atoms with van der Waals surface area (Å²) in [4.78, 5) is 11.9. The van der Waals surface area contributed by atoms with E-state index in [9.17, 15) is 20.1 Å². The maximum atomic E-state index is 11.9. The SMILES string of the molecule is CC(=O)N[C@H]1[C@H](O[C@@H]2CC[C@@]3(C)C(=CC[C@H]4[C@@H]5CC[C@@H]([C@@H](C)CCCC(C)C)[C@@]5(C)CC[C@@H]43)C2)O[C@H](CO)[C@@H](O)[C@@H]1O. The fourth-order valence-electron chi connectivity index (χ4n) is 10.5. The van der Waals surface area contributed by atoms with E-state index in [-0.39, 0.29) is 17.4 Å². The Morgan fingerprint density at radius 1 is 1.07 bits per heavy atom. The summed E-state index contributed by atoms with van der Waals surface area (Å²) in [5, 5.41) is 33.5. The van der Waals surface area contributed by atoms with Crippen LogP contribution in [-0.4, -0.2) is 64.6 Å². The van der Waals surface area contributed by atoms with Gasteiger partial charge in [0.1, 0.15) is 24.4 Å². The number of carbonyl (C=O) groups excluding carboxylic acids is 1. The Balaban J connectivity index is 1.26. The van der Waals surface area contributed by atoms with Gasteiger partial charge in [-0.05, 0) is 97.7 Å². The molecule has 1 heterocycles. The first-order valence-corrected chi connectivity index (χ1v) is 17.1. The van der Waals surface area contributed by atoms with E-state index in [1.807, 2.05) is 0 Å². The molecule has 0 aromatic rings. The zero-order chi connectivity index (χ0) is 30.4. The van der Waals surface area contributed by atoms with Crippen molar-refractivity contribution in [2.24, 2.45) is 46.3 Å². The van der Waals surface area contributed by atoms with E-state index >= 15 is 0 Å². The molecule has 13 atom stereocenters. The van der Waals surface area contributed by atoms with Crippen molar-refractivity contribution in [2.75, 3.05) is 6.61 Å².